The average Bonchev–Trinajstić information content (AvgIpc) is 1.31. The van der Waals surface area contributed by atoms with Crippen LogP contribution in [0.5, 0.6) is 23.0 Å². The van der Waals surface area contributed by atoms with Crippen LogP contribution >= 0.6 is 0 Å². The largest absolute Gasteiger partial charge is 0.457 e. The van der Waals surface area contributed by atoms with Crippen molar-refractivity contribution in [3.8, 4) is 56.6 Å². The lowest BCUT2D eigenvalue weighted by Crippen LogP contribution is -2.16. The van der Waals surface area contributed by atoms with E-state index >= 15 is 0 Å². The highest BCUT2D eigenvalue weighted by Crippen LogP contribution is 2.59. The molecular formula is C112H77N3O2. The molecule has 0 radical (unpaired) electrons. The van der Waals surface area contributed by atoms with E-state index in [1.807, 2.05) is 36.4 Å². The van der Waals surface area contributed by atoms with Gasteiger partial charge in [-0.05, 0) is 276 Å². The fourth-order valence-electron chi connectivity index (χ4n) is 20.8. The van der Waals surface area contributed by atoms with Gasteiger partial charge in [-0.1, -0.05) is 264 Å². The number of fused-ring (bicyclic) bond motifs is 32. The third kappa shape index (κ3) is 9.84. The van der Waals surface area contributed by atoms with Crippen LogP contribution in [0.3, 0.4) is 0 Å². The molecule has 2 aliphatic heterocycles. The van der Waals surface area contributed by atoms with Crippen molar-refractivity contribution in [3.63, 3.8) is 0 Å². The van der Waals surface area contributed by atoms with Crippen LogP contribution in [0, 0.1) is 6.92 Å². The van der Waals surface area contributed by atoms with Crippen LogP contribution in [-0.4, -0.2) is 9.13 Å². The Bertz CT molecular complexity index is 7930. The number of rotatable bonds is 3. The second-order valence-corrected chi connectivity index (χ2v) is 33.3. The molecule has 0 fully saturated rings. The second-order valence-electron chi connectivity index (χ2n) is 33.3. The predicted molar refractivity (Wildman–Crippen MR) is 492 cm³/mol. The van der Waals surface area contributed by atoms with Gasteiger partial charge in [0.25, 0.3) is 0 Å². The minimum absolute atomic E-state index is 0.149. The lowest BCUT2D eigenvalue weighted by molar-refractivity contribution is 0.460. The van der Waals surface area contributed by atoms with Crippen LogP contribution in [0.15, 0.2) is 364 Å². The van der Waals surface area contributed by atoms with Gasteiger partial charge in [-0.15, -0.1) is 0 Å². The van der Waals surface area contributed by atoms with Crippen molar-refractivity contribution in [1.29, 1.82) is 0 Å². The number of para-hydroxylation sites is 10. The Labute approximate surface area is 677 Å². The number of aryl methyl sites for hydroxylation is 1. The Morgan fingerprint density at radius 2 is 0.556 bits per heavy atom. The molecule has 4 heterocycles. The molecule has 0 atom stereocenters. The van der Waals surface area contributed by atoms with Gasteiger partial charge in [0, 0.05) is 55.6 Å². The van der Waals surface area contributed by atoms with Gasteiger partial charge in [0.1, 0.15) is 11.5 Å². The first kappa shape index (κ1) is 67.0. The molecule has 22 aromatic rings. The highest BCUT2D eigenvalue weighted by atomic mass is 16.5. The maximum Gasteiger partial charge on any atom is 0.151 e. The van der Waals surface area contributed by atoms with Crippen molar-refractivity contribution < 1.29 is 9.47 Å². The molecule has 0 N–H and O–H groups in total. The van der Waals surface area contributed by atoms with Gasteiger partial charge in [-0.25, -0.2) is 0 Å². The van der Waals surface area contributed by atoms with Gasteiger partial charge in [-0.3, -0.25) is 0 Å². The minimum atomic E-state index is -0.222. The molecular weight excluding hydrogens is 1420 g/mol. The summed E-state index contributed by atoms with van der Waals surface area (Å²) in [5.74, 6) is 3.69. The zero-order valence-corrected chi connectivity index (χ0v) is 65.5. The summed E-state index contributed by atoms with van der Waals surface area (Å²) in [6.45, 7) is 11.9. The molecule has 117 heavy (non-hydrogen) atoms. The number of benzene rings is 20. The molecule has 0 saturated carbocycles. The SMILES string of the molecule is CC1(C)c2cc3c(cc2-c2cc4c5ccccc5n(-c5ccccc5)c4cc21)c1ccccc1c1cc(N2c4ccccc4Oc4ccccc42)c2ccccc2c31.Cc1cc2c3ccccc3c3cc4c(cc3c2c2ccccc12)C(C)(C)c1cc2c(cc1-4)c1ccccc1n2-c1ccccc1.c1ccc2c(c1)Cc1ccccc1O2. The summed E-state index contributed by atoms with van der Waals surface area (Å²) < 4.78 is 17.1. The molecule has 0 spiro atoms. The Morgan fingerprint density at radius 1 is 0.231 bits per heavy atom. The van der Waals surface area contributed by atoms with Crippen LogP contribution in [0.25, 0.3) is 163 Å². The van der Waals surface area contributed by atoms with Crippen molar-refractivity contribution in [1.82, 2.24) is 9.13 Å². The third-order valence-corrected chi connectivity index (χ3v) is 26.3. The number of anilines is 3. The van der Waals surface area contributed by atoms with Crippen LogP contribution < -0.4 is 14.4 Å². The molecule has 26 rings (SSSR count). The Kier molecular flexibility index (Phi) is 14.5. The number of hydrogen-bond donors (Lipinski definition) is 0. The molecule has 552 valence electrons. The van der Waals surface area contributed by atoms with Crippen molar-refractivity contribution in [2.24, 2.45) is 0 Å². The van der Waals surface area contributed by atoms with Crippen LogP contribution in [0.4, 0.5) is 17.1 Å². The van der Waals surface area contributed by atoms with E-state index in [-0.39, 0.29) is 10.8 Å². The van der Waals surface area contributed by atoms with E-state index in [2.05, 4.69) is 376 Å². The maximum absolute atomic E-state index is 6.47. The lowest BCUT2D eigenvalue weighted by Gasteiger charge is -2.34. The van der Waals surface area contributed by atoms with Crippen LogP contribution in [0.1, 0.15) is 66.6 Å². The summed E-state index contributed by atoms with van der Waals surface area (Å²) in [6.07, 6.45) is 0.979. The lowest BCUT2D eigenvalue weighted by atomic mass is 9.80. The van der Waals surface area contributed by atoms with Crippen molar-refractivity contribution in [2.45, 2.75) is 51.9 Å². The summed E-state index contributed by atoms with van der Waals surface area (Å²) in [5.41, 5.74) is 25.0. The number of aromatic nitrogens is 2. The van der Waals surface area contributed by atoms with E-state index in [0.29, 0.717) is 0 Å². The Balaban J connectivity index is 0.000000117. The molecule has 0 unspecified atom stereocenters. The zero-order chi connectivity index (χ0) is 77.7. The number of hydrogen-bond acceptors (Lipinski definition) is 3. The first-order valence-corrected chi connectivity index (χ1v) is 40.9. The fraction of sp³-hybridized carbons (Fsp3) is 0.0714. The highest BCUT2D eigenvalue weighted by molar-refractivity contribution is 6.35. The van der Waals surface area contributed by atoms with Crippen molar-refractivity contribution in [2.75, 3.05) is 4.90 Å². The summed E-state index contributed by atoms with van der Waals surface area (Å²) in [7, 11) is 0. The van der Waals surface area contributed by atoms with Gasteiger partial charge >= 0.3 is 0 Å². The maximum atomic E-state index is 6.47. The molecule has 5 nitrogen and oxygen atoms in total. The Hall–Kier alpha value is -14.5. The summed E-state index contributed by atoms with van der Waals surface area (Å²) in [4.78, 5) is 2.40. The van der Waals surface area contributed by atoms with E-state index in [4.69, 9.17) is 9.47 Å². The highest BCUT2D eigenvalue weighted by Gasteiger charge is 2.40. The smallest absolute Gasteiger partial charge is 0.151 e. The fourth-order valence-corrected chi connectivity index (χ4v) is 20.8. The second kappa shape index (κ2) is 25.2. The first-order valence-electron chi connectivity index (χ1n) is 40.9. The molecule has 0 saturated heterocycles. The molecule has 5 heteroatoms. The topological polar surface area (TPSA) is 31.6 Å². The summed E-state index contributed by atoms with van der Waals surface area (Å²) >= 11 is 0. The van der Waals surface area contributed by atoms with E-state index in [0.717, 1.165) is 46.5 Å². The standard InChI is InChI=1S/C55H36N2O.C44H31N.C13H10O/c1-55(2)45-30-43-39(28-40(45)41-29-42-37-21-10-11-23-47(37)56(51(42)32-46(41)55)33-16-4-3-5-17-33)34-18-6-7-19-35(34)44-31-50(36-20-8-9-22-38(36)54(43)44)57-48-24-12-14-26-52(48)58-53-27-15-13-25-49(53)57;1-26-21-37-30-17-9-8-16-29(30)33-22-34-35-23-36-31-18-11-12-20-41(31)45(27-13-5-4-6-14-27)42(36)25-40(35)44(2,3)39(34)24-38(33)43(37)32-19-10-7-15-28(26)32;1-3-7-12-10(5-1)9-11-6-2-4-8-13(11)14-12/h3-32H,1-2H3;4-25H,1-3H3;1-8H,9H2. The quantitative estimate of drug-likeness (QED) is 0.165. The van der Waals surface area contributed by atoms with Crippen LogP contribution in [0.2, 0.25) is 0 Å². The summed E-state index contributed by atoms with van der Waals surface area (Å²) in [6, 6.07) is 133. The zero-order valence-electron chi connectivity index (χ0n) is 65.5. The summed E-state index contributed by atoms with van der Waals surface area (Å²) in [5, 5.41) is 26.0. The molecule has 0 amide bonds. The Morgan fingerprint density at radius 3 is 1.03 bits per heavy atom. The molecule has 20 aromatic carbocycles. The molecule has 2 aromatic heterocycles. The van der Waals surface area contributed by atoms with E-state index < -0.39 is 0 Å². The van der Waals surface area contributed by atoms with Gasteiger partial charge in [-0.2, -0.15) is 0 Å². The van der Waals surface area contributed by atoms with Crippen molar-refractivity contribution in [3.05, 3.63) is 403 Å². The van der Waals surface area contributed by atoms with E-state index in [9.17, 15) is 0 Å². The average molecular weight is 1500 g/mol. The number of nitrogens with zero attached hydrogens (tertiary/aromatic N) is 3. The molecule has 2 aliphatic carbocycles. The third-order valence-electron chi connectivity index (χ3n) is 26.3. The van der Waals surface area contributed by atoms with Gasteiger partial charge in [0.2, 0.25) is 0 Å². The molecule has 0 bridgehead atoms. The van der Waals surface area contributed by atoms with E-state index in [1.165, 1.54) is 202 Å². The van der Waals surface area contributed by atoms with Gasteiger partial charge in [0.05, 0.1) is 39.1 Å². The van der Waals surface area contributed by atoms with Gasteiger partial charge < -0.3 is 23.5 Å². The predicted octanol–water partition coefficient (Wildman–Crippen LogP) is 30.7. The van der Waals surface area contributed by atoms with Crippen LogP contribution in [-0.2, 0) is 17.3 Å². The molecule has 4 aliphatic rings. The van der Waals surface area contributed by atoms with Gasteiger partial charge in [0.15, 0.2) is 11.5 Å². The van der Waals surface area contributed by atoms with E-state index in [1.54, 1.807) is 0 Å². The monoisotopic (exact) mass is 1500 g/mol. The minimum Gasteiger partial charge on any atom is -0.457 e. The normalized spacial score (nSPS) is 13.7. The first-order chi connectivity index (χ1) is 57.5. The number of ether oxygens (including phenoxy) is 2. The van der Waals surface area contributed by atoms with Crippen molar-refractivity contribution >= 4 is 147 Å².